The molecule has 0 saturated carbocycles. The lowest BCUT2D eigenvalue weighted by molar-refractivity contribution is -0.384. The molecule has 0 aliphatic heterocycles. The molecule has 0 amide bonds. The number of hydrogen-bond donors (Lipinski definition) is 0. The fourth-order valence-electron chi connectivity index (χ4n) is 1.85. The van der Waals surface area contributed by atoms with E-state index in [9.17, 15) is 23.3 Å². The van der Waals surface area contributed by atoms with Crippen molar-refractivity contribution < 1.29 is 18.1 Å². The minimum atomic E-state index is -4.61. The van der Waals surface area contributed by atoms with Gasteiger partial charge in [0.15, 0.2) is 5.16 Å². The molecule has 0 aliphatic carbocycles. The zero-order valence-corrected chi connectivity index (χ0v) is 12.9. The second-order valence-electron chi connectivity index (χ2n) is 4.66. The third-order valence-corrected chi connectivity index (χ3v) is 4.07. The summed E-state index contributed by atoms with van der Waals surface area (Å²) in [5.74, 6) is -0.453. The predicted octanol–water partition coefficient (Wildman–Crippen LogP) is 3.76. The van der Waals surface area contributed by atoms with Gasteiger partial charge < -0.3 is 0 Å². The van der Waals surface area contributed by atoms with Crippen molar-refractivity contribution in [3.8, 4) is 0 Å². The van der Waals surface area contributed by atoms with Crippen LogP contribution in [0.15, 0.2) is 29.4 Å². The number of nitrogens with zero attached hydrogens (tertiary/aromatic N) is 4. The molecule has 23 heavy (non-hydrogen) atoms. The Balaban J connectivity index is 2.32. The first-order valence-corrected chi connectivity index (χ1v) is 7.68. The number of hydrogen-bond acceptors (Lipinski definition) is 5. The number of nitro groups is 1. The molecule has 1 heterocycles. The maximum atomic E-state index is 13.0. The summed E-state index contributed by atoms with van der Waals surface area (Å²) in [7, 11) is 0. The van der Waals surface area contributed by atoms with Gasteiger partial charge >= 0.3 is 6.18 Å². The van der Waals surface area contributed by atoms with E-state index in [0.29, 0.717) is 11.3 Å². The van der Waals surface area contributed by atoms with Crippen LogP contribution in [0.3, 0.4) is 0 Å². The highest BCUT2D eigenvalue weighted by Gasteiger charge is 2.38. The maximum absolute atomic E-state index is 13.0. The number of nitro benzene ring substituents is 1. The van der Waals surface area contributed by atoms with Crippen LogP contribution in [0.4, 0.5) is 18.9 Å². The quantitative estimate of drug-likeness (QED) is 0.452. The summed E-state index contributed by atoms with van der Waals surface area (Å²) in [5, 5.41) is 17.6. The molecule has 6 nitrogen and oxygen atoms in total. The minimum Gasteiger partial charge on any atom is -0.294 e. The molecule has 0 saturated heterocycles. The van der Waals surface area contributed by atoms with Crippen molar-refractivity contribution >= 4 is 17.4 Å². The van der Waals surface area contributed by atoms with Gasteiger partial charge in [-0.2, -0.15) is 13.2 Å². The molecular weight excluding hydrogens is 333 g/mol. The van der Waals surface area contributed by atoms with E-state index in [1.54, 1.807) is 0 Å². The Labute approximate surface area is 133 Å². The molecule has 2 rings (SSSR count). The van der Waals surface area contributed by atoms with Crippen molar-refractivity contribution in [2.24, 2.45) is 0 Å². The van der Waals surface area contributed by atoms with Crippen LogP contribution in [-0.2, 0) is 12.7 Å². The molecule has 124 valence electrons. The molecule has 0 bridgehead atoms. The van der Waals surface area contributed by atoms with Crippen molar-refractivity contribution in [2.75, 3.05) is 5.75 Å². The first kappa shape index (κ1) is 17.3. The van der Waals surface area contributed by atoms with Crippen molar-refractivity contribution in [3.63, 3.8) is 0 Å². The van der Waals surface area contributed by atoms with Gasteiger partial charge in [0, 0.05) is 17.9 Å². The molecule has 10 heteroatoms. The van der Waals surface area contributed by atoms with Gasteiger partial charge in [0.1, 0.15) is 0 Å². The highest BCUT2D eigenvalue weighted by Crippen LogP contribution is 2.31. The molecule has 0 aliphatic rings. The number of rotatable bonds is 6. The van der Waals surface area contributed by atoms with Gasteiger partial charge in [-0.25, -0.2) is 0 Å². The summed E-state index contributed by atoms with van der Waals surface area (Å²) in [4.78, 5) is 10.1. The van der Waals surface area contributed by atoms with Crippen LogP contribution in [0.5, 0.6) is 0 Å². The van der Waals surface area contributed by atoms with Crippen LogP contribution in [0.1, 0.15) is 24.7 Å². The summed E-state index contributed by atoms with van der Waals surface area (Å²) in [6.45, 7) is 1.81. The SMILES string of the molecule is CCCSc1nnc(C(F)(F)F)n1Cc1ccc([N+](=O)[O-])cc1. The average molecular weight is 346 g/mol. The molecule has 0 unspecified atom stereocenters. The van der Waals surface area contributed by atoms with Gasteiger partial charge in [-0.15, -0.1) is 10.2 Å². The Hall–Kier alpha value is -2.10. The smallest absolute Gasteiger partial charge is 0.294 e. The van der Waals surface area contributed by atoms with E-state index in [1.807, 2.05) is 6.92 Å². The van der Waals surface area contributed by atoms with E-state index in [-0.39, 0.29) is 17.4 Å². The number of halogens is 3. The van der Waals surface area contributed by atoms with Crippen LogP contribution >= 0.6 is 11.8 Å². The third kappa shape index (κ3) is 4.21. The van der Waals surface area contributed by atoms with Gasteiger partial charge in [0.2, 0.25) is 5.82 Å². The maximum Gasteiger partial charge on any atom is 0.451 e. The summed E-state index contributed by atoms with van der Waals surface area (Å²) in [6, 6.07) is 5.36. The number of thioether (sulfide) groups is 1. The number of aromatic nitrogens is 3. The van der Waals surface area contributed by atoms with Gasteiger partial charge in [-0.05, 0) is 12.0 Å². The second kappa shape index (κ2) is 6.99. The molecule has 0 fully saturated rings. The van der Waals surface area contributed by atoms with Gasteiger partial charge in [0.25, 0.3) is 5.69 Å². The highest BCUT2D eigenvalue weighted by molar-refractivity contribution is 7.99. The summed E-state index contributed by atoms with van der Waals surface area (Å²) < 4.78 is 40.1. The molecule has 2 aromatic rings. The normalized spacial score (nSPS) is 11.7. The van der Waals surface area contributed by atoms with Crippen LogP contribution in [0, 0.1) is 10.1 Å². The Morgan fingerprint density at radius 3 is 2.43 bits per heavy atom. The molecular formula is C13H13F3N4O2S. The monoisotopic (exact) mass is 346 g/mol. The summed E-state index contributed by atoms with van der Waals surface area (Å²) >= 11 is 1.19. The van der Waals surface area contributed by atoms with Gasteiger partial charge in [0.05, 0.1) is 11.5 Å². The average Bonchev–Trinajstić information content (AvgIpc) is 2.88. The van der Waals surface area contributed by atoms with Crippen LogP contribution < -0.4 is 0 Å². The first-order chi connectivity index (χ1) is 10.8. The van der Waals surface area contributed by atoms with E-state index in [2.05, 4.69) is 10.2 Å². The Morgan fingerprint density at radius 2 is 1.91 bits per heavy atom. The van der Waals surface area contributed by atoms with E-state index in [0.717, 1.165) is 11.0 Å². The van der Waals surface area contributed by atoms with Crippen molar-refractivity contribution in [1.82, 2.24) is 14.8 Å². The lowest BCUT2D eigenvalue weighted by atomic mass is 10.2. The van der Waals surface area contributed by atoms with Crippen LogP contribution in [0.25, 0.3) is 0 Å². The van der Waals surface area contributed by atoms with Crippen molar-refractivity contribution in [2.45, 2.75) is 31.2 Å². The predicted molar refractivity (Wildman–Crippen MR) is 78.2 cm³/mol. The summed E-state index contributed by atoms with van der Waals surface area (Å²) in [5.41, 5.74) is 0.383. The molecule has 1 aromatic carbocycles. The standard InChI is InChI=1S/C13H13F3N4O2S/c1-2-7-23-12-18-17-11(13(14,15)16)19(12)8-9-3-5-10(6-4-9)20(21)22/h3-6H,2,7-8H2,1H3. The summed E-state index contributed by atoms with van der Waals surface area (Å²) in [6.07, 6.45) is -3.82. The Morgan fingerprint density at radius 1 is 1.26 bits per heavy atom. The lowest BCUT2D eigenvalue weighted by Crippen LogP contribution is -2.16. The molecule has 0 atom stereocenters. The van der Waals surface area contributed by atoms with Crippen LogP contribution in [-0.4, -0.2) is 25.4 Å². The Bertz CT molecular complexity index is 686. The number of benzene rings is 1. The first-order valence-electron chi connectivity index (χ1n) is 6.69. The third-order valence-electron chi connectivity index (χ3n) is 2.89. The van der Waals surface area contributed by atoms with Crippen molar-refractivity contribution in [1.29, 1.82) is 0 Å². The largest absolute Gasteiger partial charge is 0.451 e. The topological polar surface area (TPSA) is 73.8 Å². The second-order valence-corrected chi connectivity index (χ2v) is 5.72. The number of non-ortho nitro benzene ring substituents is 1. The van der Waals surface area contributed by atoms with Gasteiger partial charge in [-0.3, -0.25) is 14.7 Å². The molecule has 0 N–H and O–H groups in total. The molecule has 0 radical (unpaired) electrons. The zero-order chi connectivity index (χ0) is 17.0. The molecule has 0 spiro atoms. The fourth-order valence-corrected chi connectivity index (χ4v) is 2.64. The van der Waals surface area contributed by atoms with Crippen LogP contribution in [0.2, 0.25) is 0 Å². The minimum absolute atomic E-state index is 0.105. The Kier molecular flexibility index (Phi) is 5.24. The lowest BCUT2D eigenvalue weighted by Gasteiger charge is -2.11. The van der Waals surface area contributed by atoms with Crippen molar-refractivity contribution in [3.05, 3.63) is 45.8 Å². The molecule has 1 aromatic heterocycles. The van der Waals surface area contributed by atoms with E-state index >= 15 is 0 Å². The number of alkyl halides is 3. The van der Waals surface area contributed by atoms with E-state index < -0.39 is 16.9 Å². The van der Waals surface area contributed by atoms with Gasteiger partial charge in [-0.1, -0.05) is 30.8 Å². The highest BCUT2D eigenvalue weighted by atomic mass is 32.2. The fraction of sp³-hybridized carbons (Fsp3) is 0.385. The van der Waals surface area contributed by atoms with E-state index in [1.165, 1.54) is 36.0 Å². The zero-order valence-electron chi connectivity index (χ0n) is 12.1. The van der Waals surface area contributed by atoms with E-state index in [4.69, 9.17) is 0 Å².